The normalized spacial score (nSPS) is 22.8. The van der Waals surface area contributed by atoms with Gasteiger partial charge in [0, 0.05) is 28.1 Å². The number of hydrogen-bond acceptors (Lipinski definition) is 5. The van der Waals surface area contributed by atoms with Crippen LogP contribution in [0.3, 0.4) is 0 Å². The van der Waals surface area contributed by atoms with Crippen LogP contribution in [0.2, 0.25) is 10.0 Å². The molecule has 0 fully saturated rings. The van der Waals surface area contributed by atoms with Gasteiger partial charge in [-0.1, -0.05) is 46.6 Å². The molecule has 3 N–H and O–H groups in total. The highest BCUT2D eigenvalue weighted by Gasteiger charge is 2.34. The van der Waals surface area contributed by atoms with Crippen LogP contribution in [0.1, 0.15) is 11.1 Å². The Bertz CT molecular complexity index is 909. The maximum Gasteiger partial charge on any atom is 0.153 e. The molecule has 2 heterocycles. The third-order valence-electron chi connectivity index (χ3n) is 4.05. The molecule has 2 aliphatic heterocycles. The van der Waals surface area contributed by atoms with Crippen molar-refractivity contribution in [3.63, 3.8) is 0 Å². The SMILES string of the molecule is CO/N=C1/C(=C2\c3cc(Cl)c(Cl)cc3NC2O)Nc2ccccc21. The van der Waals surface area contributed by atoms with Gasteiger partial charge in [0.15, 0.2) is 6.23 Å². The summed E-state index contributed by atoms with van der Waals surface area (Å²) in [5.41, 5.74) is 5.25. The van der Waals surface area contributed by atoms with E-state index in [9.17, 15) is 5.11 Å². The van der Waals surface area contributed by atoms with E-state index in [0.29, 0.717) is 32.7 Å². The molecule has 0 amide bonds. The largest absolute Gasteiger partial charge is 0.399 e. The van der Waals surface area contributed by atoms with E-state index < -0.39 is 6.23 Å². The average Bonchev–Trinajstić information content (AvgIpc) is 3.06. The zero-order valence-electron chi connectivity index (χ0n) is 12.6. The highest BCUT2D eigenvalue weighted by atomic mass is 35.5. The van der Waals surface area contributed by atoms with Crippen LogP contribution < -0.4 is 10.6 Å². The van der Waals surface area contributed by atoms with Crippen molar-refractivity contribution >= 4 is 45.9 Å². The molecule has 0 spiro atoms. The summed E-state index contributed by atoms with van der Waals surface area (Å²) in [6.45, 7) is 0. The van der Waals surface area contributed by atoms with Gasteiger partial charge in [0.25, 0.3) is 0 Å². The van der Waals surface area contributed by atoms with Gasteiger partial charge in [-0.3, -0.25) is 0 Å². The topological polar surface area (TPSA) is 65.9 Å². The lowest BCUT2D eigenvalue weighted by Gasteiger charge is -2.11. The maximum absolute atomic E-state index is 10.5. The van der Waals surface area contributed by atoms with Gasteiger partial charge in [-0.2, -0.15) is 0 Å². The monoisotopic (exact) mass is 361 g/mol. The van der Waals surface area contributed by atoms with Crippen LogP contribution >= 0.6 is 23.2 Å². The molecule has 0 bridgehead atoms. The fourth-order valence-electron chi connectivity index (χ4n) is 3.04. The summed E-state index contributed by atoms with van der Waals surface area (Å²) < 4.78 is 0. The van der Waals surface area contributed by atoms with Crippen molar-refractivity contribution in [3.8, 4) is 0 Å². The van der Waals surface area contributed by atoms with Crippen LogP contribution in [0.5, 0.6) is 0 Å². The first-order valence-corrected chi connectivity index (χ1v) is 8.02. The zero-order valence-corrected chi connectivity index (χ0v) is 14.1. The first-order chi connectivity index (χ1) is 11.6. The van der Waals surface area contributed by atoms with Crippen molar-refractivity contribution in [2.24, 2.45) is 5.16 Å². The number of halogens is 2. The lowest BCUT2D eigenvalue weighted by molar-refractivity contribution is 0.214. The number of hydrogen-bond donors (Lipinski definition) is 3. The smallest absolute Gasteiger partial charge is 0.153 e. The summed E-state index contributed by atoms with van der Waals surface area (Å²) in [5.74, 6) is 0. The Morgan fingerprint density at radius 1 is 1.08 bits per heavy atom. The van der Waals surface area contributed by atoms with Crippen molar-refractivity contribution in [1.29, 1.82) is 0 Å². The average molecular weight is 362 g/mol. The summed E-state index contributed by atoms with van der Waals surface area (Å²) in [4.78, 5) is 5.00. The van der Waals surface area contributed by atoms with Gasteiger partial charge in [-0.05, 0) is 18.2 Å². The molecular weight excluding hydrogens is 349 g/mol. The van der Waals surface area contributed by atoms with Gasteiger partial charge in [-0.25, -0.2) is 0 Å². The van der Waals surface area contributed by atoms with E-state index in [1.165, 1.54) is 7.11 Å². The Morgan fingerprint density at radius 2 is 1.83 bits per heavy atom. The Hall–Kier alpha value is -2.21. The number of aliphatic hydroxyl groups excluding tert-OH is 1. The van der Waals surface area contributed by atoms with Gasteiger partial charge >= 0.3 is 0 Å². The quantitative estimate of drug-likeness (QED) is 0.673. The molecule has 1 atom stereocenters. The molecular formula is C17H13Cl2N3O2. The van der Waals surface area contributed by atoms with E-state index in [2.05, 4.69) is 15.8 Å². The molecule has 122 valence electrons. The van der Waals surface area contributed by atoms with Gasteiger partial charge in [0.1, 0.15) is 12.8 Å². The molecule has 7 heteroatoms. The van der Waals surface area contributed by atoms with E-state index >= 15 is 0 Å². The molecule has 4 rings (SSSR count). The number of para-hydroxylation sites is 1. The molecule has 0 saturated heterocycles. The van der Waals surface area contributed by atoms with E-state index in [4.69, 9.17) is 28.0 Å². The van der Waals surface area contributed by atoms with Crippen molar-refractivity contribution < 1.29 is 9.94 Å². The minimum atomic E-state index is -0.909. The predicted octanol–water partition coefficient (Wildman–Crippen LogP) is 3.92. The standard InChI is InChI=1S/C17H13Cl2N3O2/c1-24-22-15-8-4-2-3-5-12(8)20-16(15)14-9-6-10(18)11(19)7-13(9)21-17(14)23/h2-7,17,20-21,23H,1H3/b16-14-,22-15+. The van der Waals surface area contributed by atoms with E-state index in [-0.39, 0.29) is 0 Å². The lowest BCUT2D eigenvalue weighted by Crippen LogP contribution is -2.17. The molecule has 0 aromatic heterocycles. The fraction of sp³-hybridized carbons (Fsp3) is 0.118. The highest BCUT2D eigenvalue weighted by Crippen LogP contribution is 2.43. The second-order valence-corrected chi connectivity index (χ2v) is 6.25. The maximum atomic E-state index is 10.5. The summed E-state index contributed by atoms with van der Waals surface area (Å²) in [5, 5.41) is 21.8. The Labute approximate surface area is 148 Å². The summed E-state index contributed by atoms with van der Waals surface area (Å²) in [7, 11) is 1.49. The molecule has 24 heavy (non-hydrogen) atoms. The van der Waals surface area contributed by atoms with Crippen LogP contribution in [0, 0.1) is 0 Å². The van der Waals surface area contributed by atoms with E-state index in [0.717, 1.165) is 16.8 Å². The number of rotatable bonds is 1. The second-order valence-electron chi connectivity index (χ2n) is 5.44. The van der Waals surface area contributed by atoms with Crippen LogP contribution in [0.15, 0.2) is 47.3 Å². The Morgan fingerprint density at radius 3 is 2.62 bits per heavy atom. The Kier molecular flexibility index (Phi) is 3.64. The number of anilines is 2. The fourth-order valence-corrected chi connectivity index (χ4v) is 3.36. The van der Waals surface area contributed by atoms with Crippen LogP contribution in [-0.4, -0.2) is 24.2 Å². The van der Waals surface area contributed by atoms with Crippen molar-refractivity contribution in [1.82, 2.24) is 0 Å². The molecule has 1 unspecified atom stereocenters. The summed E-state index contributed by atoms with van der Waals surface area (Å²) >= 11 is 12.2. The summed E-state index contributed by atoms with van der Waals surface area (Å²) in [6, 6.07) is 11.2. The predicted molar refractivity (Wildman–Crippen MR) is 96.6 cm³/mol. The molecule has 2 aliphatic rings. The van der Waals surface area contributed by atoms with Crippen molar-refractivity contribution in [2.75, 3.05) is 17.7 Å². The van der Waals surface area contributed by atoms with Crippen molar-refractivity contribution in [2.45, 2.75) is 6.23 Å². The number of benzene rings is 2. The van der Waals surface area contributed by atoms with Gasteiger partial charge in [-0.15, -0.1) is 0 Å². The number of nitrogens with one attached hydrogen (secondary N) is 2. The van der Waals surface area contributed by atoms with Gasteiger partial charge < -0.3 is 20.6 Å². The number of oxime groups is 1. The first-order valence-electron chi connectivity index (χ1n) is 7.26. The number of allylic oxidation sites excluding steroid dienone is 1. The Balaban J connectivity index is 1.95. The number of fused-ring (bicyclic) bond motifs is 2. The lowest BCUT2D eigenvalue weighted by atomic mass is 10.0. The second kappa shape index (κ2) is 5.70. The number of aliphatic hydroxyl groups is 1. The zero-order chi connectivity index (χ0) is 16.8. The number of nitrogens with zero attached hydrogens (tertiary/aromatic N) is 1. The molecule has 5 nitrogen and oxygen atoms in total. The van der Waals surface area contributed by atoms with Gasteiger partial charge in [0.05, 0.1) is 15.7 Å². The van der Waals surface area contributed by atoms with Gasteiger partial charge in [0.2, 0.25) is 0 Å². The van der Waals surface area contributed by atoms with Crippen LogP contribution in [0.25, 0.3) is 5.57 Å². The van der Waals surface area contributed by atoms with Crippen LogP contribution in [-0.2, 0) is 4.84 Å². The van der Waals surface area contributed by atoms with E-state index in [1.54, 1.807) is 12.1 Å². The minimum Gasteiger partial charge on any atom is -0.399 e. The third-order valence-corrected chi connectivity index (χ3v) is 4.77. The molecule has 0 radical (unpaired) electrons. The molecule has 2 aromatic carbocycles. The minimum absolute atomic E-state index is 0.421. The third kappa shape index (κ3) is 2.24. The van der Waals surface area contributed by atoms with E-state index in [1.807, 2.05) is 24.3 Å². The molecule has 0 aliphatic carbocycles. The molecule has 2 aromatic rings. The highest BCUT2D eigenvalue weighted by molar-refractivity contribution is 6.42. The first kappa shape index (κ1) is 15.3. The van der Waals surface area contributed by atoms with Crippen molar-refractivity contribution in [3.05, 3.63) is 63.3 Å². The summed E-state index contributed by atoms with van der Waals surface area (Å²) in [6.07, 6.45) is -0.909. The molecule has 0 saturated carbocycles. The van der Waals surface area contributed by atoms with Crippen LogP contribution in [0.4, 0.5) is 11.4 Å².